The summed E-state index contributed by atoms with van der Waals surface area (Å²) in [7, 11) is 0. The Morgan fingerprint density at radius 1 is 0.889 bits per heavy atom. The molecule has 1 N–H and O–H groups in total. The Morgan fingerprint density at radius 2 is 1.61 bits per heavy atom. The predicted octanol–water partition coefficient (Wildman–Crippen LogP) is 5.80. The molecule has 186 valence electrons. The Bertz CT molecular complexity index is 1280. The molecule has 2 atom stereocenters. The third-order valence-electron chi connectivity index (χ3n) is 7.10. The van der Waals surface area contributed by atoms with Crippen molar-refractivity contribution in [2.24, 2.45) is 0 Å². The van der Waals surface area contributed by atoms with Gasteiger partial charge >= 0.3 is 0 Å². The fraction of sp³-hybridized carbons (Fsp3) is 0.321. The zero-order chi connectivity index (χ0) is 25.0. The first-order valence-corrected chi connectivity index (χ1v) is 13.1. The number of benzene rings is 3. The van der Waals surface area contributed by atoms with Gasteiger partial charge < -0.3 is 10.0 Å². The van der Waals surface area contributed by atoms with Gasteiger partial charge in [-0.05, 0) is 59.5 Å². The first kappa shape index (κ1) is 24.9. The van der Waals surface area contributed by atoms with Crippen molar-refractivity contribution < 1.29 is 5.11 Å². The predicted molar refractivity (Wildman–Crippen MR) is 143 cm³/mol. The highest BCUT2D eigenvalue weighted by Gasteiger charge is 2.43. The third kappa shape index (κ3) is 5.32. The molecule has 0 saturated carbocycles. The van der Waals surface area contributed by atoms with Gasteiger partial charge in [0.25, 0.3) is 0 Å². The second-order valence-electron chi connectivity index (χ2n) is 9.37. The van der Waals surface area contributed by atoms with Crippen LogP contribution in [0.2, 0.25) is 10.0 Å². The zero-order valence-electron chi connectivity index (χ0n) is 20.0. The molecule has 36 heavy (non-hydrogen) atoms. The van der Waals surface area contributed by atoms with Crippen molar-refractivity contribution in [3.63, 3.8) is 0 Å². The smallest absolute Gasteiger partial charge is 0.182 e. The Hall–Kier alpha value is -2.77. The normalized spacial score (nSPS) is 20.5. The first-order chi connectivity index (χ1) is 17.5. The van der Waals surface area contributed by atoms with E-state index in [4.69, 9.17) is 23.2 Å². The third-order valence-corrected chi connectivity index (χ3v) is 7.84. The van der Waals surface area contributed by atoms with Crippen LogP contribution in [0.5, 0.6) is 0 Å². The van der Waals surface area contributed by atoms with Crippen LogP contribution < -0.4 is 0 Å². The van der Waals surface area contributed by atoms with Crippen molar-refractivity contribution >= 4 is 23.2 Å². The molecule has 0 amide bonds. The van der Waals surface area contributed by atoms with Gasteiger partial charge in [-0.15, -0.1) is 5.10 Å². The molecule has 2 heterocycles. The lowest BCUT2D eigenvalue weighted by atomic mass is 9.72. The van der Waals surface area contributed by atoms with Gasteiger partial charge in [0, 0.05) is 31.1 Å². The van der Waals surface area contributed by atoms with Crippen molar-refractivity contribution in [3.8, 4) is 11.4 Å². The second kappa shape index (κ2) is 11.1. The molecule has 1 fully saturated rings. The van der Waals surface area contributed by atoms with Crippen LogP contribution in [0.4, 0.5) is 0 Å². The summed E-state index contributed by atoms with van der Waals surface area (Å²) < 4.78 is 1.87. The highest BCUT2D eigenvalue weighted by Crippen LogP contribution is 2.44. The summed E-state index contributed by atoms with van der Waals surface area (Å²) >= 11 is 12.6. The molecule has 8 heteroatoms. The van der Waals surface area contributed by atoms with Gasteiger partial charge in [0.2, 0.25) is 0 Å². The standard InChI is InChI=1S/C28H29Cl2N5O/c29-25-14-13-22(19-26(25)30)24-20-34(18-15-28(24,36)23-11-5-2-6-12-23)16-7-8-17-35-27(31-32-33-35)21-9-3-1-4-10-21/h1-6,9-14,19,24,36H,7-8,15-18,20H2. The molecule has 1 aromatic heterocycles. The molecule has 5 rings (SSSR count). The van der Waals surface area contributed by atoms with Gasteiger partial charge in [0.15, 0.2) is 5.82 Å². The number of aliphatic hydroxyl groups is 1. The molecule has 2 unspecified atom stereocenters. The summed E-state index contributed by atoms with van der Waals surface area (Å²) in [6.45, 7) is 3.26. The molecule has 1 aliphatic heterocycles. The molecule has 1 saturated heterocycles. The SMILES string of the molecule is OC1(c2ccccc2)CCN(CCCCn2nnnc2-c2ccccc2)CC1c1ccc(Cl)c(Cl)c1. The Kier molecular flexibility index (Phi) is 7.67. The van der Waals surface area contributed by atoms with E-state index in [9.17, 15) is 5.11 Å². The van der Waals surface area contributed by atoms with E-state index in [0.29, 0.717) is 16.5 Å². The van der Waals surface area contributed by atoms with Gasteiger partial charge in [0.05, 0.1) is 15.6 Å². The van der Waals surface area contributed by atoms with Crippen LogP contribution in [0.1, 0.15) is 36.3 Å². The number of unbranched alkanes of at least 4 members (excludes halogenated alkanes) is 1. The highest BCUT2D eigenvalue weighted by molar-refractivity contribution is 6.42. The summed E-state index contributed by atoms with van der Waals surface area (Å²) in [5, 5.41) is 25.2. The molecule has 1 aliphatic rings. The van der Waals surface area contributed by atoms with Gasteiger partial charge in [-0.2, -0.15) is 0 Å². The number of rotatable bonds is 8. The Labute approximate surface area is 221 Å². The maximum absolute atomic E-state index is 11.9. The van der Waals surface area contributed by atoms with Crippen LogP contribution in [0.15, 0.2) is 78.9 Å². The minimum atomic E-state index is -0.966. The summed E-state index contributed by atoms with van der Waals surface area (Å²) in [5.41, 5.74) is 1.99. The molecule has 6 nitrogen and oxygen atoms in total. The molecular weight excluding hydrogens is 493 g/mol. The van der Waals surface area contributed by atoms with Gasteiger partial charge in [-0.25, -0.2) is 4.68 Å². The van der Waals surface area contributed by atoms with Gasteiger partial charge in [0.1, 0.15) is 0 Å². The van der Waals surface area contributed by atoms with E-state index in [2.05, 4.69) is 20.4 Å². The summed E-state index contributed by atoms with van der Waals surface area (Å²) in [6.07, 6.45) is 2.61. The van der Waals surface area contributed by atoms with Crippen molar-refractivity contribution in [2.75, 3.05) is 19.6 Å². The van der Waals surface area contributed by atoms with Crippen LogP contribution in [-0.4, -0.2) is 49.8 Å². The van der Waals surface area contributed by atoms with E-state index in [-0.39, 0.29) is 5.92 Å². The number of tetrazole rings is 1. The van der Waals surface area contributed by atoms with Crippen molar-refractivity contribution in [1.82, 2.24) is 25.1 Å². The largest absolute Gasteiger partial charge is 0.384 e. The number of halogens is 2. The summed E-state index contributed by atoms with van der Waals surface area (Å²) in [5.74, 6) is 0.675. The van der Waals surface area contributed by atoms with Gasteiger partial charge in [-0.3, -0.25) is 0 Å². The maximum atomic E-state index is 11.9. The summed E-state index contributed by atoms with van der Waals surface area (Å²) in [6, 6.07) is 25.7. The van der Waals surface area contributed by atoms with Crippen LogP contribution in [0.25, 0.3) is 11.4 Å². The average molecular weight is 522 g/mol. The number of nitrogens with zero attached hydrogens (tertiary/aromatic N) is 5. The lowest BCUT2D eigenvalue weighted by molar-refractivity contribution is -0.0474. The van der Waals surface area contributed by atoms with E-state index in [1.165, 1.54) is 0 Å². The summed E-state index contributed by atoms with van der Waals surface area (Å²) in [4.78, 5) is 2.43. The van der Waals surface area contributed by atoms with Gasteiger partial charge in [-0.1, -0.05) is 89.9 Å². The lowest BCUT2D eigenvalue weighted by Gasteiger charge is -2.45. The first-order valence-electron chi connectivity index (χ1n) is 12.3. The topological polar surface area (TPSA) is 67.1 Å². The van der Waals surface area contributed by atoms with Crippen molar-refractivity contribution in [1.29, 1.82) is 0 Å². The van der Waals surface area contributed by atoms with Crippen molar-refractivity contribution in [2.45, 2.75) is 37.3 Å². The molecule has 0 spiro atoms. The van der Waals surface area contributed by atoms with Crippen LogP contribution in [-0.2, 0) is 12.1 Å². The zero-order valence-corrected chi connectivity index (χ0v) is 21.5. The molecule has 0 radical (unpaired) electrons. The number of aromatic nitrogens is 4. The number of piperidine rings is 1. The number of hydrogen-bond acceptors (Lipinski definition) is 5. The van der Waals surface area contributed by atoms with E-state index < -0.39 is 5.60 Å². The van der Waals surface area contributed by atoms with Crippen LogP contribution >= 0.6 is 23.2 Å². The molecule has 0 bridgehead atoms. The molecular formula is C28H29Cl2N5O. The number of likely N-dealkylation sites (tertiary alicyclic amines) is 1. The molecule has 4 aromatic rings. The van der Waals surface area contributed by atoms with E-state index in [0.717, 1.165) is 61.5 Å². The fourth-order valence-corrected chi connectivity index (χ4v) is 5.44. The minimum absolute atomic E-state index is 0.118. The monoisotopic (exact) mass is 521 g/mol. The average Bonchev–Trinajstić information content (AvgIpc) is 3.39. The maximum Gasteiger partial charge on any atom is 0.182 e. The Balaban J connectivity index is 1.26. The minimum Gasteiger partial charge on any atom is -0.384 e. The highest BCUT2D eigenvalue weighted by atomic mass is 35.5. The van der Waals surface area contributed by atoms with Crippen LogP contribution in [0, 0.1) is 0 Å². The van der Waals surface area contributed by atoms with E-state index >= 15 is 0 Å². The fourth-order valence-electron chi connectivity index (χ4n) is 5.14. The lowest BCUT2D eigenvalue weighted by Crippen LogP contribution is -2.48. The van der Waals surface area contributed by atoms with E-state index in [1.807, 2.05) is 83.5 Å². The Morgan fingerprint density at radius 3 is 2.36 bits per heavy atom. The van der Waals surface area contributed by atoms with Crippen molar-refractivity contribution in [3.05, 3.63) is 100 Å². The quantitative estimate of drug-likeness (QED) is 0.296. The molecule has 0 aliphatic carbocycles. The number of aryl methyl sites for hydroxylation is 1. The molecule has 3 aromatic carbocycles. The van der Waals surface area contributed by atoms with E-state index in [1.54, 1.807) is 0 Å². The number of hydrogen-bond donors (Lipinski definition) is 1. The van der Waals surface area contributed by atoms with Crippen LogP contribution in [0.3, 0.4) is 0 Å². The second-order valence-corrected chi connectivity index (χ2v) is 10.2.